The number of morpholine rings is 1. The minimum Gasteiger partial charge on any atom is -0.423 e. The van der Waals surface area contributed by atoms with Gasteiger partial charge in [-0.3, -0.25) is 0 Å². The SMILES string of the molecule is O=C(Nc1cccc(C(F)(F)F)c1)N[C@H]1CO[C@H]2[C@@H]1OC[C@@H]2n1nnnc1Oc1cccc(N2CCOCC2)c1. The highest BCUT2D eigenvalue weighted by molar-refractivity contribution is 5.89. The summed E-state index contributed by atoms with van der Waals surface area (Å²) in [5.41, 5.74) is 0.158. The number of ether oxygens (including phenoxy) is 4. The third-order valence-electron chi connectivity index (χ3n) is 6.97. The van der Waals surface area contributed by atoms with E-state index < -0.39 is 42.1 Å². The number of alkyl halides is 3. The van der Waals surface area contributed by atoms with Crippen molar-refractivity contribution in [3.05, 3.63) is 54.1 Å². The summed E-state index contributed by atoms with van der Waals surface area (Å²) in [6.07, 6.45) is -5.51. The number of rotatable bonds is 6. The Morgan fingerprint density at radius 3 is 2.65 bits per heavy atom. The largest absolute Gasteiger partial charge is 0.423 e. The number of carbonyl (C=O) groups is 1. The second-order valence-electron chi connectivity index (χ2n) is 9.55. The Morgan fingerprint density at radius 2 is 1.82 bits per heavy atom. The van der Waals surface area contributed by atoms with Crippen LogP contribution < -0.4 is 20.3 Å². The number of urea groups is 1. The Hall–Kier alpha value is -3.95. The number of fused-ring (bicyclic) bond motifs is 1. The van der Waals surface area contributed by atoms with Gasteiger partial charge in [0.05, 0.1) is 38.0 Å². The van der Waals surface area contributed by atoms with Gasteiger partial charge in [0.2, 0.25) is 0 Å². The van der Waals surface area contributed by atoms with Crippen molar-refractivity contribution in [1.29, 1.82) is 0 Å². The Kier molecular flexibility index (Phi) is 7.16. The summed E-state index contributed by atoms with van der Waals surface area (Å²) < 4.78 is 63.8. The lowest BCUT2D eigenvalue weighted by molar-refractivity contribution is -0.137. The molecule has 3 aromatic rings. The fraction of sp³-hybridized carbons (Fsp3) is 0.440. The van der Waals surface area contributed by atoms with Crippen molar-refractivity contribution in [3.8, 4) is 11.8 Å². The van der Waals surface area contributed by atoms with Gasteiger partial charge in [-0.25, -0.2) is 4.79 Å². The van der Waals surface area contributed by atoms with Crippen LogP contribution in [0.25, 0.3) is 0 Å². The van der Waals surface area contributed by atoms with Crippen LogP contribution in [-0.2, 0) is 20.4 Å². The number of benzene rings is 2. The summed E-state index contributed by atoms with van der Waals surface area (Å²) >= 11 is 0. The van der Waals surface area contributed by atoms with Crippen LogP contribution >= 0.6 is 0 Å². The average molecular weight is 562 g/mol. The smallest absolute Gasteiger partial charge is 0.416 e. The molecule has 3 aliphatic rings. The third kappa shape index (κ3) is 5.52. The van der Waals surface area contributed by atoms with Crippen LogP contribution in [0.3, 0.4) is 0 Å². The zero-order chi connectivity index (χ0) is 27.7. The fourth-order valence-electron chi connectivity index (χ4n) is 5.05. The number of nitrogens with zero attached hydrogens (tertiary/aromatic N) is 5. The molecule has 4 atom stereocenters. The predicted molar refractivity (Wildman–Crippen MR) is 133 cm³/mol. The van der Waals surface area contributed by atoms with E-state index in [1.807, 2.05) is 24.3 Å². The lowest BCUT2D eigenvalue weighted by atomic mass is 10.1. The molecule has 12 nitrogen and oxygen atoms in total. The molecular formula is C25H26F3N7O5. The van der Waals surface area contributed by atoms with E-state index in [1.54, 1.807) is 0 Å². The van der Waals surface area contributed by atoms with Gasteiger partial charge in [0.15, 0.2) is 0 Å². The monoisotopic (exact) mass is 561 g/mol. The van der Waals surface area contributed by atoms with E-state index in [0.717, 1.165) is 30.9 Å². The number of aromatic nitrogens is 4. The molecule has 212 valence electrons. The maximum atomic E-state index is 13.0. The molecule has 0 bridgehead atoms. The van der Waals surface area contributed by atoms with E-state index in [1.165, 1.54) is 16.8 Å². The van der Waals surface area contributed by atoms with Gasteiger partial charge in [-0.2, -0.15) is 17.9 Å². The molecule has 0 aliphatic carbocycles. The zero-order valence-electron chi connectivity index (χ0n) is 21.1. The molecule has 0 radical (unpaired) electrons. The van der Waals surface area contributed by atoms with E-state index in [9.17, 15) is 18.0 Å². The molecule has 0 saturated carbocycles. The number of nitrogens with one attached hydrogen (secondary N) is 2. The van der Waals surface area contributed by atoms with Gasteiger partial charge in [0, 0.05) is 30.5 Å². The van der Waals surface area contributed by atoms with Gasteiger partial charge >= 0.3 is 18.2 Å². The first-order valence-corrected chi connectivity index (χ1v) is 12.7. The molecule has 6 rings (SSSR count). The number of amides is 2. The highest BCUT2D eigenvalue weighted by Crippen LogP contribution is 2.36. The van der Waals surface area contributed by atoms with Crippen LogP contribution in [0.4, 0.5) is 29.3 Å². The van der Waals surface area contributed by atoms with Crippen molar-refractivity contribution in [2.45, 2.75) is 30.5 Å². The molecule has 40 heavy (non-hydrogen) atoms. The molecule has 1 aromatic heterocycles. The van der Waals surface area contributed by atoms with Crippen LogP contribution in [0, 0.1) is 0 Å². The Morgan fingerprint density at radius 1 is 1.02 bits per heavy atom. The fourth-order valence-corrected chi connectivity index (χ4v) is 5.05. The molecule has 15 heteroatoms. The summed E-state index contributed by atoms with van der Waals surface area (Å²) in [5.74, 6) is 0.564. The van der Waals surface area contributed by atoms with E-state index in [-0.39, 0.29) is 24.9 Å². The molecule has 0 spiro atoms. The first-order valence-electron chi connectivity index (χ1n) is 12.7. The number of hydrogen-bond donors (Lipinski definition) is 2. The van der Waals surface area contributed by atoms with Crippen molar-refractivity contribution < 1.29 is 36.9 Å². The molecule has 3 aliphatic heterocycles. The first kappa shape index (κ1) is 26.3. The average Bonchev–Trinajstić information content (AvgIpc) is 3.67. The summed E-state index contributed by atoms with van der Waals surface area (Å²) in [6.45, 7) is 3.24. The van der Waals surface area contributed by atoms with Crippen LogP contribution in [0.15, 0.2) is 48.5 Å². The van der Waals surface area contributed by atoms with Crippen molar-refractivity contribution in [3.63, 3.8) is 0 Å². The summed E-state index contributed by atoms with van der Waals surface area (Å²) in [4.78, 5) is 14.8. The van der Waals surface area contributed by atoms with E-state index >= 15 is 0 Å². The highest BCUT2D eigenvalue weighted by atomic mass is 19.4. The van der Waals surface area contributed by atoms with E-state index in [0.29, 0.717) is 19.0 Å². The van der Waals surface area contributed by atoms with E-state index in [4.69, 9.17) is 18.9 Å². The molecular weight excluding hydrogens is 535 g/mol. The Labute approximate surface area is 226 Å². The topological polar surface area (TPSA) is 125 Å². The Bertz CT molecular complexity index is 1350. The molecule has 2 amide bonds. The number of halogens is 3. The second kappa shape index (κ2) is 10.9. The number of hydrogen-bond acceptors (Lipinski definition) is 9. The molecule has 3 saturated heterocycles. The first-order chi connectivity index (χ1) is 19.3. The van der Waals surface area contributed by atoms with Crippen LogP contribution in [0.5, 0.6) is 11.8 Å². The normalized spacial score (nSPS) is 24.5. The number of carbonyl (C=O) groups excluding carboxylic acids is 1. The number of tetrazole rings is 1. The molecule has 4 heterocycles. The van der Waals surface area contributed by atoms with Gasteiger partial charge in [-0.15, -0.1) is 0 Å². The van der Waals surface area contributed by atoms with Gasteiger partial charge < -0.3 is 34.5 Å². The third-order valence-corrected chi connectivity index (χ3v) is 6.97. The van der Waals surface area contributed by atoms with Gasteiger partial charge in [0.1, 0.15) is 24.0 Å². The maximum absolute atomic E-state index is 13.0. The minimum absolute atomic E-state index is 0.0150. The standard InChI is InChI=1S/C25H26F3N7O5/c26-25(27,28)15-3-1-4-16(11-15)29-23(36)30-19-13-38-22-20(14-39-21(19)22)35-24(31-32-33-35)40-18-6-2-5-17(12-18)34-7-9-37-10-8-34/h1-6,11-12,19-22H,7-10,13-14H2,(H2,29,30,36)/t19-,20-,21+,22+/m0/s1. The van der Waals surface area contributed by atoms with Crippen molar-refractivity contribution in [1.82, 2.24) is 25.5 Å². The van der Waals surface area contributed by atoms with Gasteiger partial charge in [-0.1, -0.05) is 17.2 Å². The molecule has 2 aromatic carbocycles. The van der Waals surface area contributed by atoms with E-state index in [2.05, 4.69) is 31.1 Å². The zero-order valence-corrected chi connectivity index (χ0v) is 21.1. The van der Waals surface area contributed by atoms with Crippen molar-refractivity contribution in [2.24, 2.45) is 0 Å². The lowest BCUT2D eigenvalue weighted by Crippen LogP contribution is -2.45. The van der Waals surface area contributed by atoms with Gasteiger partial charge in [-0.05, 0) is 40.8 Å². The van der Waals surface area contributed by atoms with Crippen molar-refractivity contribution in [2.75, 3.05) is 49.7 Å². The minimum atomic E-state index is -4.52. The van der Waals surface area contributed by atoms with Crippen molar-refractivity contribution >= 4 is 17.4 Å². The highest BCUT2D eigenvalue weighted by Gasteiger charge is 2.50. The summed E-state index contributed by atoms with van der Waals surface area (Å²) in [6, 6.07) is 10.5. The van der Waals surface area contributed by atoms with Crippen LogP contribution in [0.2, 0.25) is 0 Å². The van der Waals surface area contributed by atoms with Gasteiger partial charge in [0.25, 0.3) is 0 Å². The Balaban J connectivity index is 1.09. The lowest BCUT2D eigenvalue weighted by Gasteiger charge is -2.29. The van der Waals surface area contributed by atoms with Crippen LogP contribution in [-0.4, -0.2) is 84.0 Å². The van der Waals surface area contributed by atoms with Crippen LogP contribution in [0.1, 0.15) is 11.6 Å². The molecule has 2 N–H and O–H groups in total. The predicted octanol–water partition coefficient (Wildman–Crippen LogP) is 2.85. The quantitative estimate of drug-likeness (QED) is 0.468. The molecule has 3 fully saturated rings. The maximum Gasteiger partial charge on any atom is 0.416 e. The second-order valence-corrected chi connectivity index (χ2v) is 9.55. The molecule has 0 unspecified atom stereocenters. The number of anilines is 2. The summed E-state index contributed by atoms with van der Waals surface area (Å²) in [7, 11) is 0. The summed E-state index contributed by atoms with van der Waals surface area (Å²) in [5, 5.41) is 17.0.